The molecule has 15 heavy (non-hydrogen) atoms. The van der Waals surface area contributed by atoms with Gasteiger partial charge < -0.3 is 0 Å². The van der Waals surface area contributed by atoms with Crippen LogP contribution in [0.5, 0.6) is 0 Å². The molecule has 0 spiro atoms. The minimum absolute atomic E-state index is 0.217. The highest BCUT2D eigenvalue weighted by atomic mass is 15.3. The summed E-state index contributed by atoms with van der Waals surface area (Å²) in [7, 11) is 2.13. The van der Waals surface area contributed by atoms with Crippen molar-refractivity contribution in [3.8, 4) is 6.07 Å². The van der Waals surface area contributed by atoms with Gasteiger partial charge in [-0.2, -0.15) is 5.26 Å². The van der Waals surface area contributed by atoms with Gasteiger partial charge in [-0.05, 0) is 34.7 Å². The van der Waals surface area contributed by atoms with Crippen LogP contribution in [0.15, 0.2) is 0 Å². The molecule has 86 valence electrons. The van der Waals surface area contributed by atoms with E-state index in [2.05, 4.69) is 50.6 Å². The second-order valence-corrected chi connectivity index (χ2v) is 5.49. The van der Waals surface area contributed by atoms with Crippen LogP contribution in [0.1, 0.15) is 34.1 Å². The van der Waals surface area contributed by atoms with E-state index in [4.69, 9.17) is 5.26 Å². The Morgan fingerprint density at radius 3 is 2.53 bits per heavy atom. The summed E-state index contributed by atoms with van der Waals surface area (Å²) in [6, 6.07) is 3.23. The van der Waals surface area contributed by atoms with Crippen LogP contribution in [0.4, 0.5) is 0 Å². The summed E-state index contributed by atoms with van der Waals surface area (Å²) in [5.41, 5.74) is 0.217. The SMILES string of the molecule is CC(C)N1CC(CC#N)N(C)CC1(C)C. The van der Waals surface area contributed by atoms with Crippen LogP contribution < -0.4 is 0 Å². The normalized spacial score (nSPS) is 27.9. The summed E-state index contributed by atoms with van der Waals surface area (Å²) in [5, 5.41) is 8.80. The lowest BCUT2D eigenvalue weighted by molar-refractivity contribution is -0.0228. The van der Waals surface area contributed by atoms with Gasteiger partial charge in [0.05, 0.1) is 12.5 Å². The molecule has 1 rings (SSSR count). The number of likely N-dealkylation sites (N-methyl/N-ethyl adjacent to an activating group) is 1. The summed E-state index contributed by atoms with van der Waals surface area (Å²) in [6.45, 7) is 11.1. The molecule has 1 atom stereocenters. The third-order valence-corrected chi connectivity index (χ3v) is 3.39. The lowest BCUT2D eigenvalue weighted by atomic mass is 9.93. The minimum Gasteiger partial charge on any atom is -0.299 e. The second-order valence-electron chi connectivity index (χ2n) is 5.49. The lowest BCUT2D eigenvalue weighted by Crippen LogP contribution is -2.63. The standard InChI is InChI=1S/C12H23N3/c1-10(2)15-8-11(6-7-13)14(5)9-12(15,3)4/h10-11H,6,8-9H2,1-5H3. The Hall–Kier alpha value is -0.590. The maximum absolute atomic E-state index is 8.80. The highest BCUT2D eigenvalue weighted by Gasteiger charge is 2.38. The molecule has 1 heterocycles. The van der Waals surface area contributed by atoms with Gasteiger partial charge in [-0.15, -0.1) is 0 Å². The molecule has 1 aliphatic rings. The molecule has 1 saturated heterocycles. The highest BCUT2D eigenvalue weighted by Crippen LogP contribution is 2.26. The van der Waals surface area contributed by atoms with Gasteiger partial charge in [0.1, 0.15) is 0 Å². The topological polar surface area (TPSA) is 30.3 Å². The van der Waals surface area contributed by atoms with E-state index in [1.165, 1.54) is 0 Å². The van der Waals surface area contributed by atoms with Crippen molar-refractivity contribution in [1.82, 2.24) is 9.80 Å². The van der Waals surface area contributed by atoms with Crippen molar-refractivity contribution in [2.24, 2.45) is 0 Å². The third kappa shape index (κ3) is 2.70. The van der Waals surface area contributed by atoms with E-state index in [0.717, 1.165) is 13.1 Å². The average Bonchev–Trinajstić information content (AvgIpc) is 2.08. The van der Waals surface area contributed by atoms with Crippen molar-refractivity contribution in [1.29, 1.82) is 5.26 Å². The van der Waals surface area contributed by atoms with E-state index in [-0.39, 0.29) is 5.54 Å². The third-order valence-electron chi connectivity index (χ3n) is 3.39. The zero-order valence-electron chi connectivity index (χ0n) is 10.6. The molecule has 1 fully saturated rings. The second kappa shape index (κ2) is 4.51. The molecule has 1 aliphatic heterocycles. The van der Waals surface area contributed by atoms with Crippen molar-refractivity contribution in [2.45, 2.75) is 51.7 Å². The Bertz CT molecular complexity index is 252. The monoisotopic (exact) mass is 209 g/mol. The van der Waals surface area contributed by atoms with E-state index in [1.807, 2.05) is 0 Å². The molecule has 0 aromatic carbocycles. The van der Waals surface area contributed by atoms with Crippen LogP contribution >= 0.6 is 0 Å². The van der Waals surface area contributed by atoms with Crippen molar-refractivity contribution in [3.63, 3.8) is 0 Å². The van der Waals surface area contributed by atoms with E-state index in [1.54, 1.807) is 0 Å². The van der Waals surface area contributed by atoms with Crippen LogP contribution in [0.3, 0.4) is 0 Å². The smallest absolute Gasteiger partial charge is 0.0638 e. The summed E-state index contributed by atoms with van der Waals surface area (Å²) in [5.74, 6) is 0. The van der Waals surface area contributed by atoms with Gasteiger partial charge in [-0.25, -0.2) is 0 Å². The molecular formula is C12H23N3. The molecule has 3 nitrogen and oxygen atoms in total. The Labute approximate surface area is 93.7 Å². The zero-order chi connectivity index (χ0) is 11.6. The Morgan fingerprint density at radius 2 is 2.07 bits per heavy atom. The average molecular weight is 209 g/mol. The molecular weight excluding hydrogens is 186 g/mol. The predicted octanol–water partition coefficient (Wildman–Crippen LogP) is 1.70. The Kier molecular flexibility index (Phi) is 3.75. The molecule has 0 amide bonds. The van der Waals surface area contributed by atoms with Gasteiger partial charge in [-0.3, -0.25) is 9.80 Å². The molecule has 1 unspecified atom stereocenters. The van der Waals surface area contributed by atoms with Gasteiger partial charge in [-0.1, -0.05) is 0 Å². The van der Waals surface area contributed by atoms with Gasteiger partial charge in [0.25, 0.3) is 0 Å². The quantitative estimate of drug-likeness (QED) is 0.693. The molecule has 0 saturated carbocycles. The van der Waals surface area contributed by atoms with Crippen LogP contribution in [0, 0.1) is 11.3 Å². The Morgan fingerprint density at radius 1 is 1.47 bits per heavy atom. The largest absolute Gasteiger partial charge is 0.299 e. The van der Waals surface area contributed by atoms with Crippen LogP contribution in [-0.4, -0.2) is 47.6 Å². The summed E-state index contributed by atoms with van der Waals surface area (Å²) >= 11 is 0. The number of hydrogen-bond donors (Lipinski definition) is 0. The Balaban J connectivity index is 2.76. The first kappa shape index (κ1) is 12.5. The molecule has 0 N–H and O–H groups in total. The fourth-order valence-electron chi connectivity index (χ4n) is 2.68. The lowest BCUT2D eigenvalue weighted by Gasteiger charge is -2.51. The fraction of sp³-hybridized carbons (Fsp3) is 0.917. The van der Waals surface area contributed by atoms with Crippen LogP contribution in [-0.2, 0) is 0 Å². The van der Waals surface area contributed by atoms with Gasteiger partial charge in [0.15, 0.2) is 0 Å². The van der Waals surface area contributed by atoms with E-state index < -0.39 is 0 Å². The zero-order valence-corrected chi connectivity index (χ0v) is 10.6. The van der Waals surface area contributed by atoms with Crippen molar-refractivity contribution < 1.29 is 0 Å². The minimum atomic E-state index is 0.217. The number of piperazine rings is 1. The summed E-state index contributed by atoms with van der Waals surface area (Å²) < 4.78 is 0. The molecule has 0 aromatic heterocycles. The number of hydrogen-bond acceptors (Lipinski definition) is 3. The van der Waals surface area contributed by atoms with E-state index in [9.17, 15) is 0 Å². The maximum atomic E-state index is 8.80. The van der Waals surface area contributed by atoms with Crippen LogP contribution in [0.2, 0.25) is 0 Å². The van der Waals surface area contributed by atoms with Crippen molar-refractivity contribution in [3.05, 3.63) is 0 Å². The summed E-state index contributed by atoms with van der Waals surface area (Å²) in [4.78, 5) is 4.83. The molecule has 0 aliphatic carbocycles. The van der Waals surface area contributed by atoms with Crippen LogP contribution in [0.25, 0.3) is 0 Å². The van der Waals surface area contributed by atoms with Gasteiger partial charge >= 0.3 is 0 Å². The van der Waals surface area contributed by atoms with Gasteiger partial charge in [0, 0.05) is 30.7 Å². The first-order chi connectivity index (χ1) is 6.88. The van der Waals surface area contributed by atoms with Crippen molar-refractivity contribution >= 4 is 0 Å². The first-order valence-electron chi connectivity index (χ1n) is 5.72. The van der Waals surface area contributed by atoms with Gasteiger partial charge in [0.2, 0.25) is 0 Å². The highest BCUT2D eigenvalue weighted by molar-refractivity contribution is 4.97. The molecule has 0 radical (unpaired) electrons. The molecule has 3 heteroatoms. The maximum Gasteiger partial charge on any atom is 0.0638 e. The van der Waals surface area contributed by atoms with Crippen molar-refractivity contribution in [2.75, 3.05) is 20.1 Å². The molecule has 0 aromatic rings. The first-order valence-corrected chi connectivity index (χ1v) is 5.72. The van der Waals surface area contributed by atoms with E-state index >= 15 is 0 Å². The predicted molar refractivity (Wildman–Crippen MR) is 62.6 cm³/mol. The fourth-order valence-corrected chi connectivity index (χ4v) is 2.68. The number of nitriles is 1. The number of nitrogens with zero attached hydrogens (tertiary/aromatic N) is 3. The summed E-state index contributed by atoms with van der Waals surface area (Å²) in [6.07, 6.45) is 0.635. The number of rotatable bonds is 2. The van der Waals surface area contributed by atoms with E-state index in [0.29, 0.717) is 18.5 Å². The molecule has 0 bridgehead atoms.